The van der Waals surface area contributed by atoms with Crippen LogP contribution in [0.2, 0.25) is 0 Å². The maximum Gasteiger partial charge on any atom is 0.337 e. The molecule has 10 nitrogen and oxygen atoms in total. The molecule has 1 saturated carbocycles. The van der Waals surface area contributed by atoms with Crippen LogP contribution in [0.15, 0.2) is 12.7 Å². The van der Waals surface area contributed by atoms with Gasteiger partial charge in [-0.3, -0.25) is 19.3 Å². The zero-order valence-corrected chi connectivity index (χ0v) is 17.0. The lowest BCUT2D eigenvalue weighted by atomic mass is 9.75. The monoisotopic (exact) mass is 406 g/mol. The van der Waals surface area contributed by atoms with Crippen molar-refractivity contribution in [3.8, 4) is 0 Å². The predicted molar refractivity (Wildman–Crippen MR) is 104 cm³/mol. The van der Waals surface area contributed by atoms with Crippen molar-refractivity contribution in [2.24, 2.45) is 17.6 Å². The van der Waals surface area contributed by atoms with Crippen molar-refractivity contribution < 1.29 is 19.2 Å². The van der Waals surface area contributed by atoms with E-state index in [-0.39, 0.29) is 42.8 Å². The fourth-order valence-electron chi connectivity index (χ4n) is 4.42. The van der Waals surface area contributed by atoms with Crippen LogP contribution in [0.4, 0.5) is 4.79 Å². The highest BCUT2D eigenvalue weighted by atomic mass is 16.2. The molecular formula is C19H30N6O4. The van der Waals surface area contributed by atoms with Gasteiger partial charge in [-0.05, 0) is 32.6 Å². The number of carbonyl (C=O) groups excluding carboxylic acids is 4. The van der Waals surface area contributed by atoms with Gasteiger partial charge in [0, 0.05) is 24.5 Å². The van der Waals surface area contributed by atoms with Crippen molar-refractivity contribution in [2.75, 3.05) is 13.1 Å². The Balaban J connectivity index is 1.84. The minimum absolute atomic E-state index is 0.0380. The predicted octanol–water partition coefficient (Wildman–Crippen LogP) is -0.275. The zero-order valence-electron chi connectivity index (χ0n) is 17.0. The van der Waals surface area contributed by atoms with Gasteiger partial charge in [0.2, 0.25) is 17.7 Å². The molecule has 5 amide bonds. The van der Waals surface area contributed by atoms with Crippen LogP contribution < -0.4 is 16.5 Å². The molecule has 4 N–H and O–H groups in total. The average Bonchev–Trinajstić information content (AvgIpc) is 3.00. The van der Waals surface area contributed by atoms with Gasteiger partial charge in [-0.2, -0.15) is 5.43 Å². The molecule has 0 aromatic heterocycles. The number of nitrogens with zero attached hydrogens (tertiary/aromatic N) is 3. The zero-order chi connectivity index (χ0) is 21.3. The van der Waals surface area contributed by atoms with Gasteiger partial charge in [0.1, 0.15) is 6.54 Å². The number of rotatable bonds is 7. The first kappa shape index (κ1) is 21.1. The normalized spacial score (nSPS) is 29.9. The summed E-state index contributed by atoms with van der Waals surface area (Å²) < 4.78 is 0. The molecule has 1 aliphatic carbocycles. The standard InChI is InChI=1S/C19H30N6O4/c1-4-8-23-17(28)13-7-6-12(16(27)21-11(3)5-2)9-14(13)25-18(23)22-24(19(25)29)10-15(20)26/h4,11-14,18,22H,1,5-10H2,2-3H3,(H2,20,26)(H,21,27). The Morgan fingerprint density at radius 3 is 2.72 bits per heavy atom. The highest BCUT2D eigenvalue weighted by molar-refractivity contribution is 5.88. The van der Waals surface area contributed by atoms with Crippen LogP contribution in [0.3, 0.4) is 0 Å². The highest BCUT2D eigenvalue weighted by Gasteiger charge is 2.55. The Kier molecular flexibility index (Phi) is 6.11. The maximum atomic E-state index is 13.1. The van der Waals surface area contributed by atoms with Gasteiger partial charge in [-0.1, -0.05) is 13.0 Å². The molecule has 2 aliphatic heterocycles. The number of fused-ring (bicyclic) bond motifs is 3. The topological polar surface area (TPSA) is 128 Å². The molecule has 2 heterocycles. The number of amides is 5. The molecule has 5 unspecified atom stereocenters. The third-order valence-electron chi connectivity index (χ3n) is 6.07. The van der Waals surface area contributed by atoms with Gasteiger partial charge in [0.05, 0.1) is 5.92 Å². The van der Waals surface area contributed by atoms with E-state index in [4.69, 9.17) is 5.73 Å². The molecule has 0 spiro atoms. The Morgan fingerprint density at radius 1 is 1.38 bits per heavy atom. The largest absolute Gasteiger partial charge is 0.368 e. The second kappa shape index (κ2) is 8.40. The van der Waals surface area contributed by atoms with E-state index in [1.807, 2.05) is 13.8 Å². The number of carbonyl (C=O) groups is 4. The van der Waals surface area contributed by atoms with E-state index in [2.05, 4.69) is 17.3 Å². The van der Waals surface area contributed by atoms with E-state index >= 15 is 0 Å². The molecule has 5 atom stereocenters. The molecule has 29 heavy (non-hydrogen) atoms. The van der Waals surface area contributed by atoms with E-state index in [1.165, 1.54) is 0 Å². The summed E-state index contributed by atoms with van der Waals surface area (Å²) >= 11 is 0. The molecule has 0 radical (unpaired) electrons. The highest BCUT2D eigenvalue weighted by Crippen LogP contribution is 2.40. The fourth-order valence-corrected chi connectivity index (χ4v) is 4.42. The van der Waals surface area contributed by atoms with Crippen LogP contribution in [0.25, 0.3) is 0 Å². The Morgan fingerprint density at radius 2 is 2.10 bits per heavy atom. The summed E-state index contributed by atoms with van der Waals surface area (Å²) in [6, 6.07) is -0.744. The third kappa shape index (κ3) is 3.93. The minimum Gasteiger partial charge on any atom is -0.368 e. The molecule has 3 aliphatic rings. The van der Waals surface area contributed by atoms with Crippen molar-refractivity contribution >= 4 is 23.8 Å². The summed E-state index contributed by atoms with van der Waals surface area (Å²) in [6.07, 6.45) is 3.26. The number of hydrazine groups is 1. The molecule has 10 heteroatoms. The lowest BCUT2D eigenvalue weighted by Gasteiger charge is -2.49. The van der Waals surface area contributed by atoms with Crippen LogP contribution in [0.1, 0.15) is 39.5 Å². The first-order chi connectivity index (χ1) is 13.8. The van der Waals surface area contributed by atoms with Crippen LogP contribution in [-0.4, -0.2) is 70.0 Å². The van der Waals surface area contributed by atoms with Gasteiger partial charge < -0.3 is 16.0 Å². The van der Waals surface area contributed by atoms with E-state index in [0.717, 1.165) is 11.4 Å². The average molecular weight is 406 g/mol. The molecule has 0 aromatic carbocycles. The number of urea groups is 1. The lowest BCUT2D eigenvalue weighted by Crippen LogP contribution is -2.67. The minimum atomic E-state index is -0.718. The number of nitrogens with one attached hydrogen (secondary N) is 2. The maximum absolute atomic E-state index is 13.1. The van der Waals surface area contributed by atoms with E-state index in [0.29, 0.717) is 19.3 Å². The summed E-state index contributed by atoms with van der Waals surface area (Å²) in [5, 5.41) is 4.14. The molecule has 3 fully saturated rings. The first-order valence-electron chi connectivity index (χ1n) is 10.1. The quantitative estimate of drug-likeness (QED) is 0.501. The van der Waals surface area contributed by atoms with Gasteiger partial charge in [-0.25, -0.2) is 9.80 Å². The number of hydrogen-bond acceptors (Lipinski definition) is 5. The lowest BCUT2D eigenvalue weighted by molar-refractivity contribution is -0.157. The smallest absolute Gasteiger partial charge is 0.337 e. The SMILES string of the molecule is C=CCN1C(=O)C2CCC(C(=O)NC(C)CC)CC2N2C(=O)N(CC(N)=O)NC12. The summed E-state index contributed by atoms with van der Waals surface area (Å²) in [7, 11) is 0. The summed E-state index contributed by atoms with van der Waals surface area (Å²) in [6.45, 7) is 7.63. The van der Waals surface area contributed by atoms with E-state index in [9.17, 15) is 19.2 Å². The Hall–Kier alpha value is -2.62. The van der Waals surface area contributed by atoms with Crippen molar-refractivity contribution in [1.82, 2.24) is 25.6 Å². The van der Waals surface area contributed by atoms with Crippen LogP contribution in [0.5, 0.6) is 0 Å². The summed E-state index contributed by atoms with van der Waals surface area (Å²) in [4.78, 5) is 53.3. The number of nitrogens with two attached hydrogens (primary N) is 1. The van der Waals surface area contributed by atoms with Gasteiger partial charge >= 0.3 is 6.03 Å². The molecule has 0 bridgehead atoms. The molecule has 3 rings (SSSR count). The van der Waals surface area contributed by atoms with Crippen LogP contribution in [-0.2, 0) is 14.4 Å². The Labute approximate surface area is 170 Å². The number of hydrogen-bond donors (Lipinski definition) is 3. The first-order valence-corrected chi connectivity index (χ1v) is 10.1. The molecular weight excluding hydrogens is 376 g/mol. The van der Waals surface area contributed by atoms with Crippen LogP contribution in [0, 0.1) is 11.8 Å². The third-order valence-corrected chi connectivity index (χ3v) is 6.07. The van der Waals surface area contributed by atoms with E-state index in [1.54, 1.807) is 15.9 Å². The molecule has 0 aromatic rings. The Bertz CT molecular complexity index is 713. The van der Waals surface area contributed by atoms with Crippen molar-refractivity contribution in [3.63, 3.8) is 0 Å². The van der Waals surface area contributed by atoms with Crippen molar-refractivity contribution in [3.05, 3.63) is 12.7 Å². The van der Waals surface area contributed by atoms with Gasteiger partial charge in [0.15, 0.2) is 6.29 Å². The molecule has 2 saturated heterocycles. The number of primary amides is 1. The summed E-state index contributed by atoms with van der Waals surface area (Å²) in [5.74, 6) is -1.40. The second-order valence-corrected chi connectivity index (χ2v) is 8.03. The van der Waals surface area contributed by atoms with Crippen molar-refractivity contribution in [2.45, 2.75) is 57.9 Å². The summed E-state index contributed by atoms with van der Waals surface area (Å²) in [5.41, 5.74) is 8.18. The van der Waals surface area contributed by atoms with E-state index < -0.39 is 24.3 Å². The fraction of sp³-hybridized carbons (Fsp3) is 0.684. The van der Waals surface area contributed by atoms with Gasteiger partial charge in [-0.15, -0.1) is 6.58 Å². The van der Waals surface area contributed by atoms with Crippen LogP contribution >= 0.6 is 0 Å². The van der Waals surface area contributed by atoms with Crippen molar-refractivity contribution in [1.29, 1.82) is 0 Å². The molecule has 160 valence electrons. The van der Waals surface area contributed by atoms with Gasteiger partial charge in [0.25, 0.3) is 0 Å². The second-order valence-electron chi connectivity index (χ2n) is 8.03.